The lowest BCUT2D eigenvalue weighted by Crippen LogP contribution is -2.45. The molecule has 0 aliphatic heterocycles. The summed E-state index contributed by atoms with van der Waals surface area (Å²) >= 11 is 6.21. The lowest BCUT2D eigenvalue weighted by atomic mass is 9.77. The van der Waals surface area contributed by atoms with Gasteiger partial charge in [0.2, 0.25) is 0 Å². The van der Waals surface area contributed by atoms with E-state index in [4.69, 9.17) is 16.3 Å². The van der Waals surface area contributed by atoms with E-state index in [0.717, 1.165) is 30.2 Å². The van der Waals surface area contributed by atoms with Crippen LogP contribution in [0.5, 0.6) is 5.75 Å². The third-order valence-electron chi connectivity index (χ3n) is 3.87. The topological polar surface area (TPSA) is 21.3 Å². The Balaban J connectivity index is 2.35. The normalized spacial score (nSPS) is 17.4. The fourth-order valence-corrected chi connectivity index (χ4v) is 2.86. The van der Waals surface area contributed by atoms with Gasteiger partial charge in [-0.05, 0) is 51.8 Å². The smallest absolute Gasteiger partial charge is 0.122 e. The first kappa shape index (κ1) is 15.4. The van der Waals surface area contributed by atoms with E-state index in [0.29, 0.717) is 0 Å². The van der Waals surface area contributed by atoms with Gasteiger partial charge in [0, 0.05) is 28.1 Å². The number of benzene rings is 1. The van der Waals surface area contributed by atoms with Gasteiger partial charge >= 0.3 is 0 Å². The molecule has 0 atom stereocenters. The van der Waals surface area contributed by atoms with E-state index in [1.807, 2.05) is 12.1 Å². The van der Waals surface area contributed by atoms with Gasteiger partial charge in [-0.3, -0.25) is 0 Å². The van der Waals surface area contributed by atoms with Crippen LogP contribution < -0.4 is 10.1 Å². The van der Waals surface area contributed by atoms with Crippen molar-refractivity contribution in [2.75, 3.05) is 13.7 Å². The van der Waals surface area contributed by atoms with E-state index in [9.17, 15) is 0 Å². The van der Waals surface area contributed by atoms with Gasteiger partial charge in [0.05, 0.1) is 7.11 Å². The van der Waals surface area contributed by atoms with Crippen LogP contribution in [0.25, 0.3) is 0 Å². The maximum Gasteiger partial charge on any atom is 0.122 e. The zero-order valence-corrected chi connectivity index (χ0v) is 13.6. The van der Waals surface area contributed by atoms with Gasteiger partial charge in [0.25, 0.3) is 0 Å². The molecule has 2 rings (SSSR count). The van der Waals surface area contributed by atoms with Crippen LogP contribution in [0.1, 0.15) is 39.2 Å². The minimum Gasteiger partial charge on any atom is -0.496 e. The van der Waals surface area contributed by atoms with Crippen LogP contribution in [0.4, 0.5) is 0 Å². The van der Waals surface area contributed by atoms with Crippen molar-refractivity contribution in [3.8, 4) is 5.75 Å². The van der Waals surface area contributed by atoms with Crippen molar-refractivity contribution in [1.82, 2.24) is 5.32 Å². The number of methoxy groups -OCH3 is 1. The van der Waals surface area contributed by atoms with E-state index < -0.39 is 0 Å². The van der Waals surface area contributed by atoms with Gasteiger partial charge in [-0.15, -0.1) is 0 Å². The fraction of sp³-hybridized carbons (Fsp3) is 0.529. The first-order valence-electron chi connectivity index (χ1n) is 7.10. The summed E-state index contributed by atoms with van der Waals surface area (Å²) in [6, 6.07) is 5.91. The van der Waals surface area contributed by atoms with Gasteiger partial charge < -0.3 is 10.1 Å². The minimum absolute atomic E-state index is 0.0452. The van der Waals surface area contributed by atoms with Crippen molar-refractivity contribution in [3.63, 3.8) is 0 Å². The average Bonchev–Trinajstić information content (AvgIpc) is 2.85. The third kappa shape index (κ3) is 3.36. The van der Waals surface area contributed by atoms with Crippen molar-refractivity contribution >= 4 is 11.6 Å². The Labute approximate surface area is 127 Å². The number of ether oxygens (including phenoxy) is 1. The summed E-state index contributed by atoms with van der Waals surface area (Å²) in [5.41, 5.74) is 1.35. The molecule has 0 amide bonds. The molecule has 0 fully saturated rings. The average molecular weight is 294 g/mol. The molecule has 0 saturated carbocycles. The molecule has 20 heavy (non-hydrogen) atoms. The number of hydrogen-bond donors (Lipinski definition) is 1. The highest BCUT2D eigenvalue weighted by molar-refractivity contribution is 6.30. The van der Waals surface area contributed by atoms with Crippen LogP contribution in [-0.2, 0) is 5.41 Å². The highest BCUT2D eigenvalue weighted by atomic mass is 35.5. The lowest BCUT2D eigenvalue weighted by molar-refractivity contribution is 0.326. The van der Waals surface area contributed by atoms with Crippen LogP contribution in [0.15, 0.2) is 30.4 Å². The van der Waals surface area contributed by atoms with Crippen molar-refractivity contribution in [1.29, 1.82) is 0 Å². The zero-order valence-electron chi connectivity index (χ0n) is 12.8. The van der Waals surface area contributed by atoms with Crippen LogP contribution in [0, 0.1) is 0 Å². The van der Waals surface area contributed by atoms with E-state index in [2.05, 4.69) is 44.3 Å². The Morgan fingerprint density at radius 3 is 2.45 bits per heavy atom. The molecule has 1 aromatic carbocycles. The summed E-state index contributed by atoms with van der Waals surface area (Å²) in [6.45, 7) is 7.50. The molecule has 0 bridgehead atoms. The third-order valence-corrected chi connectivity index (χ3v) is 4.11. The fourth-order valence-electron chi connectivity index (χ4n) is 2.69. The Hall–Kier alpha value is -0.990. The van der Waals surface area contributed by atoms with Gasteiger partial charge in [-0.25, -0.2) is 0 Å². The second kappa shape index (κ2) is 5.79. The van der Waals surface area contributed by atoms with Gasteiger partial charge in [-0.1, -0.05) is 23.8 Å². The molecule has 1 aliphatic carbocycles. The minimum atomic E-state index is 0.0452. The van der Waals surface area contributed by atoms with Crippen LogP contribution in [-0.4, -0.2) is 19.2 Å². The van der Waals surface area contributed by atoms with Gasteiger partial charge in [0.15, 0.2) is 0 Å². The maximum absolute atomic E-state index is 6.21. The number of hydrogen-bond acceptors (Lipinski definition) is 2. The first-order valence-corrected chi connectivity index (χ1v) is 7.48. The molecule has 0 heterocycles. The Kier molecular flexibility index (Phi) is 4.46. The standard InChI is InChI=1S/C17H24ClNO/c1-16(2,3)19-12-17(9-5-6-10-17)14-11-13(18)7-8-15(14)20-4/h5-8,11,19H,9-10,12H2,1-4H3. The van der Waals surface area contributed by atoms with E-state index in [-0.39, 0.29) is 11.0 Å². The van der Waals surface area contributed by atoms with Crippen molar-refractivity contribution in [2.45, 2.75) is 44.6 Å². The molecular formula is C17H24ClNO. The Morgan fingerprint density at radius 2 is 1.90 bits per heavy atom. The molecule has 0 saturated heterocycles. The highest BCUT2D eigenvalue weighted by Crippen LogP contribution is 2.42. The molecule has 1 N–H and O–H groups in total. The van der Waals surface area contributed by atoms with Crippen LogP contribution in [0.3, 0.4) is 0 Å². The molecule has 2 nitrogen and oxygen atoms in total. The lowest BCUT2D eigenvalue weighted by Gasteiger charge is -2.35. The van der Waals surface area contributed by atoms with Gasteiger partial charge in [0.1, 0.15) is 5.75 Å². The second-order valence-corrected chi connectivity index (χ2v) is 7.04. The first-order chi connectivity index (χ1) is 9.36. The SMILES string of the molecule is COc1ccc(Cl)cc1C1(CNC(C)(C)C)CC=CC1. The number of halogens is 1. The quantitative estimate of drug-likeness (QED) is 0.835. The highest BCUT2D eigenvalue weighted by Gasteiger charge is 2.36. The second-order valence-electron chi connectivity index (χ2n) is 6.61. The molecule has 0 aromatic heterocycles. The maximum atomic E-state index is 6.21. The Bertz CT molecular complexity index is 494. The van der Waals surface area contributed by atoms with Crippen LogP contribution >= 0.6 is 11.6 Å². The molecule has 1 aromatic rings. The summed E-state index contributed by atoms with van der Waals surface area (Å²) in [5.74, 6) is 0.925. The largest absolute Gasteiger partial charge is 0.496 e. The van der Waals surface area contributed by atoms with Crippen molar-refractivity contribution in [2.24, 2.45) is 0 Å². The number of allylic oxidation sites excluding steroid dienone is 2. The number of nitrogens with one attached hydrogen (secondary N) is 1. The van der Waals surface area contributed by atoms with E-state index in [1.165, 1.54) is 5.56 Å². The molecule has 110 valence electrons. The molecular weight excluding hydrogens is 270 g/mol. The summed E-state index contributed by atoms with van der Waals surface area (Å²) in [7, 11) is 1.72. The predicted molar refractivity (Wildman–Crippen MR) is 85.8 cm³/mol. The van der Waals surface area contributed by atoms with Gasteiger partial charge in [-0.2, -0.15) is 0 Å². The summed E-state index contributed by atoms with van der Waals surface area (Å²) in [6.07, 6.45) is 6.55. The molecule has 0 unspecified atom stereocenters. The predicted octanol–water partition coefficient (Wildman–Crippen LogP) is 4.32. The van der Waals surface area contributed by atoms with Crippen molar-refractivity contribution in [3.05, 3.63) is 40.9 Å². The van der Waals surface area contributed by atoms with E-state index in [1.54, 1.807) is 7.11 Å². The van der Waals surface area contributed by atoms with Crippen molar-refractivity contribution < 1.29 is 4.74 Å². The van der Waals surface area contributed by atoms with Crippen LogP contribution in [0.2, 0.25) is 5.02 Å². The Morgan fingerprint density at radius 1 is 1.25 bits per heavy atom. The number of rotatable bonds is 4. The van der Waals surface area contributed by atoms with E-state index >= 15 is 0 Å². The molecule has 0 spiro atoms. The summed E-state index contributed by atoms with van der Waals surface area (Å²) in [4.78, 5) is 0. The zero-order chi connectivity index (χ0) is 14.8. The molecule has 3 heteroatoms. The monoisotopic (exact) mass is 293 g/mol. The molecule has 0 radical (unpaired) electrons. The summed E-state index contributed by atoms with van der Waals surface area (Å²) in [5, 5.41) is 4.40. The summed E-state index contributed by atoms with van der Waals surface area (Å²) < 4.78 is 5.56. The molecule has 1 aliphatic rings.